The molecule has 1 saturated heterocycles. The van der Waals surface area contributed by atoms with E-state index in [2.05, 4.69) is 19.2 Å². The van der Waals surface area contributed by atoms with Crippen LogP contribution in [-0.2, 0) is 0 Å². The van der Waals surface area contributed by atoms with Gasteiger partial charge in [0.25, 0.3) is 0 Å². The molecule has 0 spiro atoms. The Bertz CT molecular complexity index is 112. The first-order valence-corrected chi connectivity index (χ1v) is 4.68. The van der Waals surface area contributed by atoms with Crippen LogP contribution < -0.4 is 5.32 Å². The summed E-state index contributed by atoms with van der Waals surface area (Å²) in [7, 11) is 0. The quantitative estimate of drug-likeness (QED) is 0.640. The topological polar surface area (TPSA) is 32.3 Å². The van der Waals surface area contributed by atoms with E-state index in [1.165, 1.54) is 12.8 Å². The molecular formula is C9H19NO. The average molecular weight is 157 g/mol. The maximum absolute atomic E-state index is 9.56. The Morgan fingerprint density at radius 3 is 2.36 bits per heavy atom. The van der Waals surface area contributed by atoms with Gasteiger partial charge in [0.2, 0.25) is 0 Å². The van der Waals surface area contributed by atoms with E-state index in [4.69, 9.17) is 0 Å². The zero-order valence-electron chi connectivity index (χ0n) is 7.51. The molecule has 1 aliphatic heterocycles. The Morgan fingerprint density at radius 2 is 2.00 bits per heavy atom. The molecule has 1 fully saturated rings. The molecule has 1 rings (SSSR count). The maximum Gasteiger partial charge on any atom is 0.0707 e. The lowest BCUT2D eigenvalue weighted by Gasteiger charge is -2.22. The van der Waals surface area contributed by atoms with Crippen molar-refractivity contribution in [1.82, 2.24) is 5.32 Å². The Balaban J connectivity index is 2.43. The Morgan fingerprint density at radius 1 is 1.36 bits per heavy atom. The molecule has 0 aromatic heterocycles. The summed E-state index contributed by atoms with van der Waals surface area (Å²) in [4.78, 5) is 0. The van der Waals surface area contributed by atoms with Crippen molar-refractivity contribution < 1.29 is 5.11 Å². The molecule has 0 amide bonds. The fourth-order valence-corrected chi connectivity index (χ4v) is 2.06. The van der Waals surface area contributed by atoms with Crippen LogP contribution in [0.25, 0.3) is 0 Å². The third-order valence-electron chi connectivity index (χ3n) is 2.88. The van der Waals surface area contributed by atoms with Crippen LogP contribution in [0.5, 0.6) is 0 Å². The third-order valence-corrected chi connectivity index (χ3v) is 2.88. The van der Waals surface area contributed by atoms with Crippen LogP contribution in [-0.4, -0.2) is 24.3 Å². The molecule has 0 unspecified atom stereocenters. The molecule has 1 aliphatic rings. The predicted molar refractivity (Wildman–Crippen MR) is 46.4 cm³/mol. The zero-order chi connectivity index (χ0) is 8.27. The molecule has 11 heavy (non-hydrogen) atoms. The summed E-state index contributed by atoms with van der Waals surface area (Å²) in [6.07, 6.45) is 2.29. The van der Waals surface area contributed by atoms with Gasteiger partial charge >= 0.3 is 0 Å². The van der Waals surface area contributed by atoms with Crippen molar-refractivity contribution >= 4 is 0 Å². The highest BCUT2D eigenvalue weighted by Gasteiger charge is 2.29. The van der Waals surface area contributed by atoms with Crippen molar-refractivity contribution in [3.8, 4) is 0 Å². The van der Waals surface area contributed by atoms with Crippen LogP contribution in [0.3, 0.4) is 0 Å². The van der Waals surface area contributed by atoms with Crippen molar-refractivity contribution in [2.45, 2.75) is 32.8 Å². The van der Waals surface area contributed by atoms with E-state index in [9.17, 15) is 5.11 Å². The summed E-state index contributed by atoms with van der Waals surface area (Å²) in [5.74, 6) is 1.21. The molecule has 2 atom stereocenters. The standard InChI is InChI=1S/C9H19NO/c1-3-7(4-2)8-5-10-6-9(8)11/h7-11H,3-6H2,1-2H3/t8-,9+/m0/s1. The Labute approximate surface area is 69.0 Å². The van der Waals surface area contributed by atoms with Crippen LogP contribution in [0.15, 0.2) is 0 Å². The second kappa shape index (κ2) is 4.07. The van der Waals surface area contributed by atoms with Crippen molar-refractivity contribution in [3.05, 3.63) is 0 Å². The van der Waals surface area contributed by atoms with Gasteiger partial charge in [0.1, 0.15) is 0 Å². The summed E-state index contributed by atoms with van der Waals surface area (Å²) < 4.78 is 0. The van der Waals surface area contributed by atoms with Gasteiger partial charge in [-0.15, -0.1) is 0 Å². The molecule has 2 heteroatoms. The highest BCUT2D eigenvalue weighted by molar-refractivity contribution is 4.84. The summed E-state index contributed by atoms with van der Waals surface area (Å²) >= 11 is 0. The second-order valence-electron chi connectivity index (χ2n) is 3.47. The molecular weight excluding hydrogens is 138 g/mol. The van der Waals surface area contributed by atoms with E-state index in [-0.39, 0.29) is 6.10 Å². The highest BCUT2D eigenvalue weighted by Crippen LogP contribution is 2.24. The van der Waals surface area contributed by atoms with Gasteiger partial charge in [-0.2, -0.15) is 0 Å². The number of aliphatic hydroxyl groups is 1. The number of aliphatic hydroxyl groups excluding tert-OH is 1. The lowest BCUT2D eigenvalue weighted by Crippen LogP contribution is -2.25. The molecule has 0 radical (unpaired) electrons. The van der Waals surface area contributed by atoms with Crippen LogP contribution in [0.2, 0.25) is 0 Å². The second-order valence-corrected chi connectivity index (χ2v) is 3.47. The lowest BCUT2D eigenvalue weighted by atomic mass is 9.86. The summed E-state index contributed by atoms with van der Waals surface area (Å²) in [6, 6.07) is 0. The highest BCUT2D eigenvalue weighted by atomic mass is 16.3. The minimum Gasteiger partial charge on any atom is -0.391 e. The molecule has 1 heterocycles. The average Bonchev–Trinajstić information content (AvgIpc) is 2.40. The van der Waals surface area contributed by atoms with Gasteiger partial charge in [-0.05, 0) is 5.92 Å². The van der Waals surface area contributed by atoms with E-state index < -0.39 is 0 Å². The molecule has 2 nitrogen and oxygen atoms in total. The molecule has 0 aliphatic carbocycles. The van der Waals surface area contributed by atoms with Crippen molar-refractivity contribution in [2.24, 2.45) is 11.8 Å². The van der Waals surface area contributed by atoms with Gasteiger partial charge in [-0.3, -0.25) is 0 Å². The third kappa shape index (κ3) is 1.94. The lowest BCUT2D eigenvalue weighted by molar-refractivity contribution is 0.109. The van der Waals surface area contributed by atoms with Crippen LogP contribution in [0.4, 0.5) is 0 Å². The van der Waals surface area contributed by atoms with Gasteiger partial charge in [0, 0.05) is 19.0 Å². The predicted octanol–water partition coefficient (Wildman–Crippen LogP) is 1.00. The van der Waals surface area contributed by atoms with Crippen molar-refractivity contribution in [2.75, 3.05) is 13.1 Å². The number of nitrogens with one attached hydrogen (secondary N) is 1. The monoisotopic (exact) mass is 157 g/mol. The minimum atomic E-state index is -0.0973. The van der Waals surface area contributed by atoms with E-state index in [0.29, 0.717) is 11.8 Å². The smallest absolute Gasteiger partial charge is 0.0707 e. The summed E-state index contributed by atoms with van der Waals surface area (Å²) in [6.45, 7) is 6.22. The first-order valence-electron chi connectivity index (χ1n) is 4.68. The van der Waals surface area contributed by atoms with Crippen molar-refractivity contribution in [1.29, 1.82) is 0 Å². The van der Waals surface area contributed by atoms with E-state index in [0.717, 1.165) is 13.1 Å². The number of β-amino-alcohol motifs (C(OH)–C–C–N with tert-alkyl or cyclic N) is 1. The van der Waals surface area contributed by atoms with E-state index >= 15 is 0 Å². The van der Waals surface area contributed by atoms with Crippen LogP contribution in [0, 0.1) is 11.8 Å². The van der Waals surface area contributed by atoms with Crippen LogP contribution in [0.1, 0.15) is 26.7 Å². The van der Waals surface area contributed by atoms with Crippen LogP contribution >= 0.6 is 0 Å². The van der Waals surface area contributed by atoms with Gasteiger partial charge in [0.15, 0.2) is 0 Å². The summed E-state index contributed by atoms with van der Waals surface area (Å²) in [5, 5.41) is 12.8. The molecule has 2 N–H and O–H groups in total. The number of hydrogen-bond donors (Lipinski definition) is 2. The van der Waals surface area contributed by atoms with Gasteiger partial charge < -0.3 is 10.4 Å². The van der Waals surface area contributed by atoms with Gasteiger partial charge in [0.05, 0.1) is 6.10 Å². The maximum atomic E-state index is 9.56. The number of rotatable bonds is 3. The number of hydrogen-bond acceptors (Lipinski definition) is 2. The molecule has 0 aromatic carbocycles. The Hall–Kier alpha value is -0.0800. The zero-order valence-corrected chi connectivity index (χ0v) is 7.51. The fourth-order valence-electron chi connectivity index (χ4n) is 2.06. The molecule has 0 bridgehead atoms. The SMILES string of the molecule is CCC(CC)[C@@H]1CNC[C@H]1O. The Kier molecular flexibility index (Phi) is 3.34. The van der Waals surface area contributed by atoms with E-state index in [1.54, 1.807) is 0 Å². The largest absolute Gasteiger partial charge is 0.391 e. The molecule has 0 aromatic rings. The van der Waals surface area contributed by atoms with E-state index in [1.807, 2.05) is 0 Å². The summed E-state index contributed by atoms with van der Waals surface area (Å²) in [5.41, 5.74) is 0. The van der Waals surface area contributed by atoms with Gasteiger partial charge in [-0.25, -0.2) is 0 Å². The normalized spacial score (nSPS) is 31.6. The minimum absolute atomic E-state index is 0.0973. The first-order chi connectivity index (χ1) is 5.29. The first kappa shape index (κ1) is 9.01. The molecule has 0 saturated carbocycles. The molecule has 66 valence electrons. The van der Waals surface area contributed by atoms with Gasteiger partial charge in [-0.1, -0.05) is 26.7 Å². The van der Waals surface area contributed by atoms with Crippen molar-refractivity contribution in [3.63, 3.8) is 0 Å². The fraction of sp³-hybridized carbons (Fsp3) is 1.00.